The molecule has 0 atom stereocenters. The number of esters is 1. The molecule has 4 rings (SSSR count). The summed E-state index contributed by atoms with van der Waals surface area (Å²) in [6, 6.07) is 7.11. The van der Waals surface area contributed by atoms with Gasteiger partial charge in [-0.2, -0.15) is 0 Å². The van der Waals surface area contributed by atoms with Gasteiger partial charge in [0, 0.05) is 5.56 Å². The first-order chi connectivity index (χ1) is 13.6. The zero-order chi connectivity index (χ0) is 19.5. The summed E-state index contributed by atoms with van der Waals surface area (Å²) in [6.07, 6.45) is 0. The summed E-state index contributed by atoms with van der Waals surface area (Å²) in [5.74, 6) is 0.948. The lowest BCUT2D eigenvalue weighted by Crippen LogP contribution is -2.15. The van der Waals surface area contributed by atoms with Crippen molar-refractivity contribution in [2.24, 2.45) is 5.16 Å². The van der Waals surface area contributed by atoms with E-state index in [0.717, 1.165) is 5.56 Å². The number of fused-ring (bicyclic) bond motifs is 2. The SMILES string of the molecule is C/C(=N/OCC(=O)OCc1nc2ccsc2c(=O)[nH]1)c1ccc2c(c1)OCO2. The number of carbonyl (C=O) groups excluding carboxylic acids is 1. The van der Waals surface area contributed by atoms with E-state index in [0.29, 0.717) is 27.4 Å². The molecular formula is C18H15N3O6S. The minimum absolute atomic E-state index is 0.159. The Morgan fingerprint density at radius 1 is 1.32 bits per heavy atom. The average molecular weight is 401 g/mol. The van der Waals surface area contributed by atoms with Gasteiger partial charge < -0.3 is 24.0 Å². The largest absolute Gasteiger partial charge is 0.455 e. The Kier molecular flexibility index (Phi) is 4.94. The predicted octanol–water partition coefficient (Wildman–Crippen LogP) is 2.20. The van der Waals surface area contributed by atoms with Crippen molar-refractivity contribution in [3.63, 3.8) is 0 Å². The van der Waals surface area contributed by atoms with Crippen LogP contribution in [0.3, 0.4) is 0 Å². The minimum atomic E-state index is -0.629. The van der Waals surface area contributed by atoms with Crippen molar-refractivity contribution in [3.05, 3.63) is 51.4 Å². The lowest BCUT2D eigenvalue weighted by Gasteiger charge is -2.05. The van der Waals surface area contributed by atoms with Gasteiger partial charge in [-0.1, -0.05) is 5.16 Å². The molecule has 0 aliphatic carbocycles. The molecule has 0 saturated heterocycles. The molecule has 0 spiro atoms. The zero-order valence-corrected chi connectivity index (χ0v) is 15.6. The first-order valence-corrected chi connectivity index (χ1v) is 9.17. The van der Waals surface area contributed by atoms with Crippen molar-refractivity contribution in [1.29, 1.82) is 0 Å². The molecule has 28 heavy (non-hydrogen) atoms. The summed E-state index contributed by atoms with van der Waals surface area (Å²) in [4.78, 5) is 35.6. The van der Waals surface area contributed by atoms with Crippen molar-refractivity contribution in [3.8, 4) is 11.5 Å². The molecule has 1 aliphatic heterocycles. The molecule has 0 amide bonds. The molecule has 0 saturated carbocycles. The number of rotatable bonds is 6. The molecule has 0 unspecified atom stereocenters. The number of ether oxygens (including phenoxy) is 3. The third-order valence-electron chi connectivity index (χ3n) is 3.91. The van der Waals surface area contributed by atoms with Crippen molar-refractivity contribution in [2.75, 3.05) is 13.4 Å². The standard InChI is InChI=1S/C18H15N3O6S/c1-10(11-2-3-13-14(6-11)26-9-25-13)21-27-8-16(22)24-7-15-19-12-4-5-28-17(12)18(23)20-15/h2-6H,7-9H2,1H3,(H,19,20,23)/b21-10-. The Morgan fingerprint density at radius 2 is 2.18 bits per heavy atom. The van der Waals surface area contributed by atoms with Crippen LogP contribution in [0.1, 0.15) is 18.3 Å². The van der Waals surface area contributed by atoms with E-state index in [1.54, 1.807) is 30.5 Å². The maximum absolute atomic E-state index is 11.9. The number of nitrogens with one attached hydrogen (secondary N) is 1. The van der Waals surface area contributed by atoms with Crippen LogP contribution in [0.25, 0.3) is 10.2 Å². The Hall–Kier alpha value is -3.40. The molecule has 144 valence electrons. The maximum Gasteiger partial charge on any atom is 0.347 e. The van der Waals surface area contributed by atoms with Crippen LogP contribution in [0.5, 0.6) is 11.5 Å². The van der Waals surface area contributed by atoms with E-state index in [1.807, 2.05) is 6.07 Å². The molecule has 9 nitrogen and oxygen atoms in total. The van der Waals surface area contributed by atoms with Crippen LogP contribution < -0.4 is 15.0 Å². The van der Waals surface area contributed by atoms with Crippen molar-refractivity contribution < 1.29 is 23.8 Å². The second-order valence-corrected chi connectivity index (χ2v) is 6.74. The number of hydrogen-bond acceptors (Lipinski definition) is 9. The van der Waals surface area contributed by atoms with Crippen molar-refractivity contribution in [2.45, 2.75) is 13.5 Å². The van der Waals surface area contributed by atoms with E-state index in [2.05, 4.69) is 15.1 Å². The van der Waals surface area contributed by atoms with Gasteiger partial charge in [-0.05, 0) is 36.6 Å². The summed E-state index contributed by atoms with van der Waals surface area (Å²) in [5, 5.41) is 5.69. The van der Waals surface area contributed by atoms with Crippen LogP contribution in [0.15, 0.2) is 39.6 Å². The lowest BCUT2D eigenvalue weighted by atomic mass is 10.1. The molecule has 3 aromatic rings. The highest BCUT2D eigenvalue weighted by Gasteiger charge is 2.14. The lowest BCUT2D eigenvalue weighted by molar-refractivity contribution is -0.150. The monoisotopic (exact) mass is 401 g/mol. The van der Waals surface area contributed by atoms with Gasteiger partial charge in [0.15, 0.2) is 11.5 Å². The molecule has 1 aromatic carbocycles. The summed E-state index contributed by atoms with van der Waals surface area (Å²) in [7, 11) is 0. The molecular weight excluding hydrogens is 386 g/mol. The van der Waals surface area contributed by atoms with Crippen LogP contribution in [0.2, 0.25) is 0 Å². The number of aromatic nitrogens is 2. The number of H-pyrrole nitrogens is 1. The molecule has 2 aromatic heterocycles. The second kappa shape index (κ2) is 7.69. The fourth-order valence-electron chi connectivity index (χ4n) is 2.54. The van der Waals surface area contributed by atoms with E-state index >= 15 is 0 Å². The number of carbonyl (C=O) groups is 1. The maximum atomic E-state index is 11.9. The van der Waals surface area contributed by atoms with Crippen LogP contribution in [0.4, 0.5) is 0 Å². The highest BCUT2D eigenvalue weighted by molar-refractivity contribution is 7.17. The molecule has 0 radical (unpaired) electrons. The van der Waals surface area contributed by atoms with Gasteiger partial charge in [0.2, 0.25) is 13.4 Å². The number of aromatic amines is 1. The first kappa shape index (κ1) is 18.0. The van der Waals surface area contributed by atoms with Gasteiger partial charge in [0.1, 0.15) is 17.1 Å². The van der Waals surface area contributed by atoms with Gasteiger partial charge in [0.05, 0.1) is 11.2 Å². The number of thiophene rings is 1. The van der Waals surface area contributed by atoms with Gasteiger partial charge in [-0.25, -0.2) is 9.78 Å². The average Bonchev–Trinajstić information content (AvgIpc) is 3.35. The van der Waals surface area contributed by atoms with E-state index < -0.39 is 5.97 Å². The molecule has 3 heterocycles. The second-order valence-electron chi connectivity index (χ2n) is 5.83. The van der Waals surface area contributed by atoms with Crippen LogP contribution in [-0.4, -0.2) is 35.0 Å². The van der Waals surface area contributed by atoms with Crippen LogP contribution in [0, 0.1) is 0 Å². The van der Waals surface area contributed by atoms with Gasteiger partial charge >= 0.3 is 5.97 Å². The minimum Gasteiger partial charge on any atom is -0.455 e. The van der Waals surface area contributed by atoms with Crippen LogP contribution >= 0.6 is 11.3 Å². The topological polar surface area (TPSA) is 112 Å². The number of hydrogen-bond donors (Lipinski definition) is 1. The number of nitrogens with zero attached hydrogens (tertiary/aromatic N) is 2. The van der Waals surface area contributed by atoms with E-state index in [9.17, 15) is 9.59 Å². The highest BCUT2D eigenvalue weighted by Crippen LogP contribution is 2.32. The van der Waals surface area contributed by atoms with Crippen molar-refractivity contribution >= 4 is 33.2 Å². The third kappa shape index (κ3) is 3.81. The summed E-state index contributed by atoms with van der Waals surface area (Å²) < 4.78 is 16.2. The normalized spacial score (nSPS) is 13.0. The van der Waals surface area contributed by atoms with E-state index in [4.69, 9.17) is 19.0 Å². The van der Waals surface area contributed by atoms with Crippen LogP contribution in [-0.2, 0) is 21.0 Å². The van der Waals surface area contributed by atoms with Gasteiger partial charge in [0.25, 0.3) is 5.56 Å². The predicted molar refractivity (Wildman–Crippen MR) is 101 cm³/mol. The molecule has 0 fully saturated rings. The smallest absolute Gasteiger partial charge is 0.347 e. The Bertz CT molecular complexity index is 1120. The fraction of sp³-hybridized carbons (Fsp3) is 0.222. The molecule has 1 aliphatic rings. The molecule has 1 N–H and O–H groups in total. The number of oxime groups is 1. The summed E-state index contributed by atoms with van der Waals surface area (Å²) >= 11 is 1.30. The highest BCUT2D eigenvalue weighted by atomic mass is 32.1. The van der Waals surface area contributed by atoms with E-state index in [1.165, 1.54) is 11.3 Å². The van der Waals surface area contributed by atoms with Gasteiger partial charge in [-0.3, -0.25) is 4.79 Å². The summed E-state index contributed by atoms with van der Waals surface area (Å²) in [6.45, 7) is 1.41. The Morgan fingerprint density at radius 3 is 3.07 bits per heavy atom. The summed E-state index contributed by atoms with van der Waals surface area (Å²) in [5.41, 5.74) is 1.66. The Balaban J connectivity index is 1.30. The Labute approximate surface area is 162 Å². The molecule has 10 heteroatoms. The molecule has 0 bridgehead atoms. The fourth-order valence-corrected chi connectivity index (χ4v) is 3.26. The van der Waals surface area contributed by atoms with Crippen molar-refractivity contribution in [1.82, 2.24) is 9.97 Å². The first-order valence-electron chi connectivity index (χ1n) is 8.29. The van der Waals surface area contributed by atoms with Gasteiger partial charge in [-0.15, -0.1) is 11.3 Å². The third-order valence-corrected chi connectivity index (χ3v) is 4.81. The quantitative estimate of drug-likeness (QED) is 0.383. The van der Waals surface area contributed by atoms with E-state index in [-0.39, 0.29) is 31.4 Å². The zero-order valence-electron chi connectivity index (χ0n) is 14.8. The number of benzene rings is 1.